The molecule has 4 N–H and O–H groups in total. The number of hydrogen-bond acceptors (Lipinski definition) is 3. The van der Waals surface area contributed by atoms with Gasteiger partial charge >= 0.3 is 5.97 Å². The second-order valence-corrected chi connectivity index (χ2v) is 2.66. The molecule has 5 nitrogen and oxygen atoms in total. The van der Waals surface area contributed by atoms with E-state index in [0.29, 0.717) is 5.69 Å². The van der Waals surface area contributed by atoms with E-state index < -0.39 is 5.97 Å². The second kappa shape index (κ2) is 5.43. The van der Waals surface area contributed by atoms with Gasteiger partial charge in [0.25, 0.3) is 0 Å². The number of carboxylic acid groups (broad SMARTS) is 1. The predicted molar refractivity (Wildman–Crippen MR) is 56.4 cm³/mol. The van der Waals surface area contributed by atoms with Crippen LogP contribution in [0, 0.1) is 0 Å². The third-order valence-electron chi connectivity index (χ3n) is 1.60. The first-order chi connectivity index (χ1) is 7.22. The first-order valence-electron chi connectivity index (χ1n) is 4.23. The lowest BCUT2D eigenvalue weighted by Gasteiger charge is -1.96. The van der Waals surface area contributed by atoms with Crippen LogP contribution in [0.2, 0.25) is 0 Å². The van der Waals surface area contributed by atoms with E-state index in [9.17, 15) is 4.79 Å². The highest BCUT2D eigenvalue weighted by Crippen LogP contribution is 2.08. The molecule has 0 aliphatic carbocycles. The molecular weight excluding hydrogens is 194 g/mol. The van der Waals surface area contributed by atoms with Crippen molar-refractivity contribution in [2.45, 2.75) is 0 Å². The maximum absolute atomic E-state index is 10.3. The van der Waals surface area contributed by atoms with Crippen molar-refractivity contribution in [3.8, 4) is 0 Å². The van der Waals surface area contributed by atoms with E-state index in [-0.39, 0.29) is 5.56 Å². The van der Waals surface area contributed by atoms with E-state index in [1.807, 2.05) is 6.07 Å². The number of aromatic amines is 1. The zero-order valence-electron chi connectivity index (χ0n) is 7.92. The molecule has 0 atom stereocenters. The molecule has 1 aromatic heterocycles. The zero-order chi connectivity index (χ0) is 11.1. The molecule has 0 bridgehead atoms. The molecule has 0 radical (unpaired) electrons. The van der Waals surface area contributed by atoms with Crippen LogP contribution in [0.25, 0.3) is 0 Å². The van der Waals surface area contributed by atoms with Gasteiger partial charge in [-0.2, -0.15) is 5.10 Å². The van der Waals surface area contributed by atoms with Gasteiger partial charge < -0.3 is 10.8 Å². The Hall–Kier alpha value is -2.30. The summed E-state index contributed by atoms with van der Waals surface area (Å²) < 4.78 is 0. The fourth-order valence-corrected chi connectivity index (χ4v) is 0.907. The molecule has 0 amide bonds. The largest absolute Gasteiger partial charge is 0.478 e. The summed E-state index contributed by atoms with van der Waals surface area (Å²) >= 11 is 0. The summed E-state index contributed by atoms with van der Waals surface area (Å²) in [5.41, 5.74) is 5.80. The van der Waals surface area contributed by atoms with Gasteiger partial charge in [-0.3, -0.25) is 5.10 Å². The Balaban J connectivity index is 0.000000187. The lowest BCUT2D eigenvalue weighted by atomic mass is 10.2. The van der Waals surface area contributed by atoms with Crippen LogP contribution in [0.4, 0.5) is 5.69 Å². The van der Waals surface area contributed by atoms with Gasteiger partial charge in [-0.1, -0.05) is 12.1 Å². The van der Waals surface area contributed by atoms with E-state index in [1.54, 1.807) is 30.6 Å². The topological polar surface area (TPSA) is 92.0 Å². The number of aromatic carboxylic acids is 1. The number of hydrogen-bond donors (Lipinski definition) is 3. The predicted octanol–water partition coefficient (Wildman–Crippen LogP) is 1.38. The summed E-state index contributed by atoms with van der Waals surface area (Å²) in [6.45, 7) is 0. The van der Waals surface area contributed by atoms with E-state index in [2.05, 4.69) is 10.2 Å². The molecule has 1 aromatic carbocycles. The minimum absolute atomic E-state index is 0.155. The SMILES string of the molecule is Nc1ccccc1C(=O)O.c1cn[nH]c1. The number of aromatic nitrogens is 2. The van der Waals surface area contributed by atoms with Gasteiger partial charge in [-0.15, -0.1) is 0 Å². The van der Waals surface area contributed by atoms with Gasteiger partial charge in [0.15, 0.2) is 0 Å². The number of carboxylic acids is 1. The number of nitrogens with two attached hydrogens (primary N) is 1. The van der Waals surface area contributed by atoms with E-state index >= 15 is 0 Å². The van der Waals surface area contributed by atoms with Gasteiger partial charge in [0.2, 0.25) is 0 Å². The van der Waals surface area contributed by atoms with E-state index in [1.165, 1.54) is 6.07 Å². The van der Waals surface area contributed by atoms with Gasteiger partial charge in [0.1, 0.15) is 0 Å². The Labute approximate surface area is 86.6 Å². The zero-order valence-corrected chi connectivity index (χ0v) is 7.92. The van der Waals surface area contributed by atoms with Gasteiger partial charge in [-0.05, 0) is 18.2 Å². The summed E-state index contributed by atoms with van der Waals surface area (Å²) in [7, 11) is 0. The summed E-state index contributed by atoms with van der Waals surface area (Å²) in [6.07, 6.45) is 3.46. The fourth-order valence-electron chi connectivity index (χ4n) is 0.907. The highest BCUT2D eigenvalue weighted by Gasteiger charge is 2.03. The van der Waals surface area contributed by atoms with Crippen LogP contribution in [0.1, 0.15) is 10.4 Å². The standard InChI is InChI=1S/C7H7NO2.C3H4N2/c8-6-4-2-1-3-5(6)7(9)10;1-2-4-5-3-1/h1-4H,8H2,(H,9,10);1-3H,(H,4,5). The molecule has 0 aliphatic heterocycles. The van der Waals surface area contributed by atoms with Crippen LogP contribution >= 0.6 is 0 Å². The molecule has 0 saturated carbocycles. The molecule has 2 aromatic rings. The Morgan fingerprint density at radius 1 is 1.33 bits per heavy atom. The van der Waals surface area contributed by atoms with Gasteiger partial charge in [0, 0.05) is 18.1 Å². The fraction of sp³-hybridized carbons (Fsp3) is 0. The molecule has 78 valence electrons. The van der Waals surface area contributed by atoms with E-state index in [4.69, 9.17) is 10.8 Å². The Bertz CT molecular complexity index is 395. The quantitative estimate of drug-likeness (QED) is 0.613. The molecule has 1 heterocycles. The van der Waals surface area contributed by atoms with Crippen LogP contribution in [0.15, 0.2) is 42.7 Å². The number of nitrogen functional groups attached to an aromatic ring is 1. The minimum Gasteiger partial charge on any atom is -0.478 e. The van der Waals surface area contributed by atoms with Crippen molar-refractivity contribution < 1.29 is 9.90 Å². The molecule has 0 spiro atoms. The van der Waals surface area contributed by atoms with Crippen LogP contribution < -0.4 is 5.73 Å². The average molecular weight is 205 g/mol. The highest BCUT2D eigenvalue weighted by molar-refractivity contribution is 5.93. The van der Waals surface area contributed by atoms with Crippen molar-refractivity contribution in [1.29, 1.82) is 0 Å². The van der Waals surface area contributed by atoms with Crippen LogP contribution in [-0.2, 0) is 0 Å². The Morgan fingerprint density at radius 2 is 2.07 bits per heavy atom. The van der Waals surface area contributed by atoms with Crippen molar-refractivity contribution in [3.05, 3.63) is 48.3 Å². The Kier molecular flexibility index (Phi) is 3.91. The molecule has 0 fully saturated rings. The lowest BCUT2D eigenvalue weighted by Crippen LogP contribution is -2.00. The van der Waals surface area contributed by atoms with Crippen molar-refractivity contribution in [2.75, 3.05) is 5.73 Å². The smallest absolute Gasteiger partial charge is 0.337 e. The summed E-state index contributed by atoms with van der Waals surface area (Å²) in [4.78, 5) is 10.3. The number of para-hydroxylation sites is 1. The summed E-state index contributed by atoms with van der Waals surface area (Å²) in [5, 5.41) is 14.7. The van der Waals surface area contributed by atoms with Crippen molar-refractivity contribution in [2.24, 2.45) is 0 Å². The van der Waals surface area contributed by atoms with Crippen LogP contribution in [0.3, 0.4) is 0 Å². The Morgan fingerprint density at radius 3 is 2.40 bits per heavy atom. The van der Waals surface area contributed by atoms with Crippen LogP contribution in [-0.4, -0.2) is 21.3 Å². The van der Waals surface area contributed by atoms with Crippen molar-refractivity contribution >= 4 is 11.7 Å². The number of benzene rings is 1. The molecule has 5 heteroatoms. The third-order valence-corrected chi connectivity index (χ3v) is 1.60. The normalized spacial score (nSPS) is 8.80. The molecule has 0 saturated heterocycles. The number of anilines is 1. The molecule has 2 rings (SSSR count). The summed E-state index contributed by atoms with van der Waals surface area (Å²) in [5.74, 6) is -0.988. The van der Waals surface area contributed by atoms with Crippen LogP contribution in [0.5, 0.6) is 0 Å². The monoisotopic (exact) mass is 205 g/mol. The highest BCUT2D eigenvalue weighted by atomic mass is 16.4. The van der Waals surface area contributed by atoms with Gasteiger partial charge in [0.05, 0.1) is 5.56 Å². The average Bonchev–Trinajstić information content (AvgIpc) is 2.75. The molecular formula is C10H11N3O2. The third kappa shape index (κ3) is 3.51. The number of H-pyrrole nitrogens is 1. The number of nitrogens with one attached hydrogen (secondary N) is 1. The van der Waals surface area contributed by atoms with Crippen molar-refractivity contribution in [3.63, 3.8) is 0 Å². The first kappa shape index (κ1) is 10.8. The minimum atomic E-state index is -0.988. The summed E-state index contributed by atoms with van der Waals surface area (Å²) in [6, 6.07) is 8.20. The van der Waals surface area contributed by atoms with Crippen molar-refractivity contribution in [1.82, 2.24) is 10.2 Å². The second-order valence-electron chi connectivity index (χ2n) is 2.66. The molecule has 0 aliphatic rings. The number of carbonyl (C=O) groups is 1. The first-order valence-corrected chi connectivity index (χ1v) is 4.23. The maximum atomic E-state index is 10.3. The number of rotatable bonds is 1. The lowest BCUT2D eigenvalue weighted by molar-refractivity contribution is 0.0698. The number of nitrogens with zero attached hydrogens (tertiary/aromatic N) is 1. The molecule has 0 unspecified atom stereocenters. The van der Waals surface area contributed by atoms with Gasteiger partial charge in [-0.25, -0.2) is 4.79 Å². The van der Waals surface area contributed by atoms with E-state index in [0.717, 1.165) is 0 Å². The molecule has 15 heavy (non-hydrogen) atoms. The maximum Gasteiger partial charge on any atom is 0.337 e.